The summed E-state index contributed by atoms with van der Waals surface area (Å²) >= 11 is 0. The van der Waals surface area contributed by atoms with Crippen molar-refractivity contribution in [1.29, 1.82) is 0 Å². The van der Waals surface area contributed by atoms with Gasteiger partial charge in [0.05, 0.1) is 6.61 Å². The minimum atomic E-state index is 0.616. The summed E-state index contributed by atoms with van der Waals surface area (Å²) in [5, 5.41) is 0. The van der Waals surface area contributed by atoms with E-state index in [4.69, 9.17) is 4.74 Å². The van der Waals surface area contributed by atoms with E-state index in [0.717, 1.165) is 37.6 Å². The van der Waals surface area contributed by atoms with Crippen LogP contribution in [0.5, 0.6) is 0 Å². The van der Waals surface area contributed by atoms with Crippen molar-refractivity contribution in [3.05, 3.63) is 36.9 Å². The molecule has 17 heavy (non-hydrogen) atoms. The average molecular weight is 229 g/mol. The van der Waals surface area contributed by atoms with Gasteiger partial charge in [-0.3, -0.25) is 4.98 Å². The van der Waals surface area contributed by atoms with Crippen LogP contribution in [0.4, 0.5) is 0 Å². The normalized spacial score (nSPS) is 19.6. The molecule has 4 heteroatoms. The van der Waals surface area contributed by atoms with Gasteiger partial charge in [-0.15, -0.1) is 0 Å². The number of ether oxygens (including phenoxy) is 1. The topological polar surface area (TPSA) is 39.9 Å². The van der Waals surface area contributed by atoms with Gasteiger partial charge in [-0.2, -0.15) is 0 Å². The number of rotatable bonds is 3. The summed E-state index contributed by atoms with van der Waals surface area (Å²) in [6, 6.07) is 3.98. The number of aromatic nitrogens is 3. The standard InChI is InChI=1S/C13H15N3O/c1-4-14-5-2-12(1)13-15-6-7-16(13)9-11-3-8-17-10-11/h1-2,4-7,11H,3,8-10H2. The van der Waals surface area contributed by atoms with Crippen molar-refractivity contribution in [3.8, 4) is 11.4 Å². The quantitative estimate of drug-likeness (QED) is 0.808. The number of imidazole rings is 1. The predicted molar refractivity (Wildman–Crippen MR) is 64.4 cm³/mol. The molecule has 1 atom stereocenters. The maximum atomic E-state index is 5.41. The third-order valence-electron chi connectivity index (χ3n) is 3.13. The van der Waals surface area contributed by atoms with E-state index < -0.39 is 0 Å². The first kappa shape index (κ1) is 10.5. The second kappa shape index (κ2) is 4.67. The summed E-state index contributed by atoms with van der Waals surface area (Å²) in [4.78, 5) is 8.45. The van der Waals surface area contributed by atoms with Gasteiger partial charge >= 0.3 is 0 Å². The van der Waals surface area contributed by atoms with Crippen molar-refractivity contribution in [2.45, 2.75) is 13.0 Å². The highest BCUT2D eigenvalue weighted by Gasteiger charge is 2.17. The Kier molecular flexibility index (Phi) is 2.88. The van der Waals surface area contributed by atoms with E-state index in [1.54, 1.807) is 12.4 Å². The van der Waals surface area contributed by atoms with Crippen LogP contribution in [0.1, 0.15) is 6.42 Å². The molecule has 0 spiro atoms. The first-order chi connectivity index (χ1) is 8.43. The van der Waals surface area contributed by atoms with Crippen LogP contribution < -0.4 is 0 Å². The summed E-state index contributed by atoms with van der Waals surface area (Å²) < 4.78 is 7.61. The first-order valence-corrected chi connectivity index (χ1v) is 5.93. The van der Waals surface area contributed by atoms with Crippen LogP contribution in [0.3, 0.4) is 0 Å². The Balaban J connectivity index is 1.84. The van der Waals surface area contributed by atoms with Gasteiger partial charge in [0.15, 0.2) is 0 Å². The lowest BCUT2D eigenvalue weighted by molar-refractivity contribution is 0.182. The molecule has 1 fully saturated rings. The summed E-state index contributed by atoms with van der Waals surface area (Å²) in [7, 11) is 0. The molecule has 1 saturated heterocycles. The molecular formula is C13H15N3O. The molecule has 0 aromatic carbocycles. The molecular weight excluding hydrogens is 214 g/mol. The summed E-state index contributed by atoms with van der Waals surface area (Å²) in [5.41, 5.74) is 1.11. The summed E-state index contributed by atoms with van der Waals surface area (Å²) in [6.07, 6.45) is 8.63. The van der Waals surface area contributed by atoms with Crippen molar-refractivity contribution >= 4 is 0 Å². The van der Waals surface area contributed by atoms with Crippen LogP contribution in [-0.4, -0.2) is 27.7 Å². The molecule has 1 aliphatic rings. The van der Waals surface area contributed by atoms with Gasteiger partial charge in [-0.25, -0.2) is 4.98 Å². The van der Waals surface area contributed by atoms with Crippen molar-refractivity contribution in [1.82, 2.24) is 14.5 Å². The predicted octanol–water partition coefficient (Wildman–Crippen LogP) is 1.98. The Bertz CT molecular complexity index is 474. The van der Waals surface area contributed by atoms with E-state index in [1.807, 2.05) is 24.5 Å². The molecule has 2 aromatic rings. The maximum absolute atomic E-state index is 5.41. The third-order valence-corrected chi connectivity index (χ3v) is 3.13. The zero-order valence-electron chi connectivity index (χ0n) is 9.62. The van der Waals surface area contributed by atoms with Gasteiger partial charge in [-0.05, 0) is 18.6 Å². The second-order valence-electron chi connectivity index (χ2n) is 4.37. The van der Waals surface area contributed by atoms with Gasteiger partial charge in [0.2, 0.25) is 0 Å². The molecule has 0 aliphatic carbocycles. The lowest BCUT2D eigenvalue weighted by atomic mass is 10.1. The van der Waals surface area contributed by atoms with Crippen LogP contribution in [0.15, 0.2) is 36.9 Å². The Hall–Kier alpha value is -1.68. The number of hydrogen-bond acceptors (Lipinski definition) is 3. The van der Waals surface area contributed by atoms with Crippen molar-refractivity contribution in [2.24, 2.45) is 5.92 Å². The highest BCUT2D eigenvalue weighted by Crippen LogP contribution is 2.20. The monoisotopic (exact) mass is 229 g/mol. The van der Waals surface area contributed by atoms with Gasteiger partial charge in [0, 0.05) is 49.4 Å². The molecule has 0 N–H and O–H groups in total. The molecule has 0 radical (unpaired) electrons. The average Bonchev–Trinajstić information content (AvgIpc) is 3.02. The lowest BCUT2D eigenvalue weighted by Crippen LogP contribution is -2.11. The minimum absolute atomic E-state index is 0.616. The molecule has 4 nitrogen and oxygen atoms in total. The highest BCUT2D eigenvalue weighted by molar-refractivity contribution is 5.54. The molecule has 1 aliphatic heterocycles. The van der Waals surface area contributed by atoms with E-state index >= 15 is 0 Å². The van der Waals surface area contributed by atoms with E-state index in [2.05, 4.69) is 14.5 Å². The van der Waals surface area contributed by atoms with Crippen LogP contribution in [0, 0.1) is 5.92 Å². The van der Waals surface area contributed by atoms with E-state index in [1.165, 1.54) is 0 Å². The van der Waals surface area contributed by atoms with Gasteiger partial charge in [0.1, 0.15) is 5.82 Å². The molecule has 2 aromatic heterocycles. The van der Waals surface area contributed by atoms with Crippen molar-refractivity contribution in [3.63, 3.8) is 0 Å². The van der Waals surface area contributed by atoms with Gasteiger partial charge < -0.3 is 9.30 Å². The number of nitrogens with zero attached hydrogens (tertiary/aromatic N) is 3. The fourth-order valence-corrected chi connectivity index (χ4v) is 2.22. The van der Waals surface area contributed by atoms with Crippen LogP contribution in [0.25, 0.3) is 11.4 Å². The zero-order valence-corrected chi connectivity index (χ0v) is 9.62. The van der Waals surface area contributed by atoms with Crippen LogP contribution in [-0.2, 0) is 11.3 Å². The van der Waals surface area contributed by atoms with E-state index in [0.29, 0.717) is 5.92 Å². The van der Waals surface area contributed by atoms with E-state index in [-0.39, 0.29) is 0 Å². The van der Waals surface area contributed by atoms with Gasteiger partial charge in [-0.1, -0.05) is 0 Å². The molecule has 3 rings (SSSR count). The molecule has 1 unspecified atom stereocenters. The third kappa shape index (κ3) is 2.22. The highest BCUT2D eigenvalue weighted by atomic mass is 16.5. The second-order valence-corrected chi connectivity index (χ2v) is 4.37. The molecule has 0 saturated carbocycles. The molecule has 0 amide bonds. The smallest absolute Gasteiger partial charge is 0.139 e. The van der Waals surface area contributed by atoms with E-state index in [9.17, 15) is 0 Å². The van der Waals surface area contributed by atoms with Crippen LogP contribution >= 0.6 is 0 Å². The fraction of sp³-hybridized carbons (Fsp3) is 0.385. The van der Waals surface area contributed by atoms with Crippen molar-refractivity contribution < 1.29 is 4.74 Å². The minimum Gasteiger partial charge on any atom is -0.381 e. The number of hydrogen-bond donors (Lipinski definition) is 0. The fourth-order valence-electron chi connectivity index (χ4n) is 2.22. The molecule has 0 bridgehead atoms. The molecule has 3 heterocycles. The Morgan fingerprint density at radius 3 is 2.94 bits per heavy atom. The first-order valence-electron chi connectivity index (χ1n) is 5.93. The Labute approximate surface area is 100 Å². The van der Waals surface area contributed by atoms with Crippen LogP contribution in [0.2, 0.25) is 0 Å². The Morgan fingerprint density at radius 1 is 1.29 bits per heavy atom. The lowest BCUT2D eigenvalue weighted by Gasteiger charge is -2.11. The number of pyridine rings is 1. The largest absolute Gasteiger partial charge is 0.381 e. The Morgan fingerprint density at radius 2 is 2.18 bits per heavy atom. The SMILES string of the molecule is c1cc(-c2nccn2CC2CCOC2)ccn1. The summed E-state index contributed by atoms with van der Waals surface area (Å²) in [5.74, 6) is 1.63. The van der Waals surface area contributed by atoms with Gasteiger partial charge in [0.25, 0.3) is 0 Å². The van der Waals surface area contributed by atoms with Crippen molar-refractivity contribution in [2.75, 3.05) is 13.2 Å². The maximum Gasteiger partial charge on any atom is 0.139 e. The summed E-state index contributed by atoms with van der Waals surface area (Å²) in [6.45, 7) is 2.75. The zero-order chi connectivity index (χ0) is 11.5. The molecule has 88 valence electrons.